The van der Waals surface area contributed by atoms with Gasteiger partial charge in [-0.1, -0.05) is 0 Å². The molecule has 0 unspecified atom stereocenters. The Bertz CT molecular complexity index is 1140. The highest BCUT2D eigenvalue weighted by molar-refractivity contribution is 5.97. The van der Waals surface area contributed by atoms with Crippen molar-refractivity contribution in [1.29, 1.82) is 0 Å². The molecule has 0 saturated carbocycles. The van der Waals surface area contributed by atoms with Crippen LogP contribution in [0.5, 0.6) is 11.5 Å². The van der Waals surface area contributed by atoms with Crippen molar-refractivity contribution in [3.05, 3.63) is 69.6 Å². The normalized spacial score (nSPS) is 10.7. The third-order valence-corrected chi connectivity index (χ3v) is 4.93. The summed E-state index contributed by atoms with van der Waals surface area (Å²) in [6.07, 6.45) is 0.358. The Kier molecular flexibility index (Phi) is 7.07. The lowest BCUT2D eigenvalue weighted by Crippen LogP contribution is -2.14. The SMILES string of the molecule is CCOC(=O)CCc1c(C)c2ccc(OCC(=O)c3ccc(OC)cc3)cc2oc1=O. The van der Waals surface area contributed by atoms with Crippen LogP contribution < -0.4 is 15.1 Å². The average Bonchev–Trinajstić information content (AvgIpc) is 2.77. The van der Waals surface area contributed by atoms with Gasteiger partial charge in [0.15, 0.2) is 12.4 Å². The fraction of sp³-hybridized carbons (Fsp3) is 0.292. The number of aryl methyl sites for hydroxylation is 1. The lowest BCUT2D eigenvalue weighted by atomic mass is 10.0. The fourth-order valence-electron chi connectivity index (χ4n) is 3.22. The van der Waals surface area contributed by atoms with Crippen LogP contribution in [0, 0.1) is 6.92 Å². The molecule has 0 radical (unpaired) electrons. The van der Waals surface area contributed by atoms with Gasteiger partial charge in [-0.05, 0) is 62.2 Å². The van der Waals surface area contributed by atoms with E-state index in [2.05, 4.69) is 0 Å². The number of fused-ring (bicyclic) bond motifs is 1. The zero-order valence-corrected chi connectivity index (χ0v) is 17.7. The number of ether oxygens (including phenoxy) is 3. The van der Waals surface area contributed by atoms with E-state index in [0.717, 1.165) is 10.9 Å². The van der Waals surface area contributed by atoms with Crippen LogP contribution in [0.1, 0.15) is 34.8 Å². The van der Waals surface area contributed by atoms with Crippen molar-refractivity contribution in [1.82, 2.24) is 0 Å². The molecule has 31 heavy (non-hydrogen) atoms. The summed E-state index contributed by atoms with van der Waals surface area (Å²) < 4.78 is 21.0. The number of benzene rings is 2. The first-order valence-corrected chi connectivity index (χ1v) is 9.95. The van der Waals surface area contributed by atoms with Crippen molar-refractivity contribution < 1.29 is 28.2 Å². The first-order valence-electron chi connectivity index (χ1n) is 9.95. The summed E-state index contributed by atoms with van der Waals surface area (Å²) in [5, 5.41) is 0.743. The summed E-state index contributed by atoms with van der Waals surface area (Å²) >= 11 is 0. The molecule has 1 aromatic heterocycles. The molecule has 0 N–H and O–H groups in total. The fourth-order valence-corrected chi connectivity index (χ4v) is 3.22. The smallest absolute Gasteiger partial charge is 0.339 e. The Morgan fingerprint density at radius 3 is 2.42 bits per heavy atom. The molecule has 7 heteroatoms. The van der Waals surface area contributed by atoms with Crippen LogP contribution in [0.15, 0.2) is 51.7 Å². The number of carbonyl (C=O) groups excluding carboxylic acids is 2. The molecular formula is C24H24O7. The topological polar surface area (TPSA) is 92.0 Å². The summed E-state index contributed by atoms with van der Waals surface area (Å²) in [5.41, 5.74) is 1.56. The Morgan fingerprint density at radius 2 is 1.74 bits per heavy atom. The van der Waals surface area contributed by atoms with Gasteiger partial charge < -0.3 is 18.6 Å². The molecule has 3 aromatic rings. The standard InChI is InChI=1S/C24H24O7/c1-4-29-23(26)12-11-20-15(2)19-10-9-18(13-22(19)31-24(20)27)30-14-21(25)16-5-7-17(28-3)8-6-16/h5-10,13H,4,11-12,14H2,1-3H3. The Balaban J connectivity index is 1.73. The minimum absolute atomic E-state index is 0.111. The number of Topliss-reactive ketones (excluding diaryl/α,β-unsaturated/α-hetero) is 1. The van der Waals surface area contributed by atoms with Crippen LogP contribution in [0.2, 0.25) is 0 Å². The highest BCUT2D eigenvalue weighted by atomic mass is 16.5. The number of esters is 1. The van der Waals surface area contributed by atoms with Crippen molar-refractivity contribution in [2.24, 2.45) is 0 Å². The predicted molar refractivity (Wildman–Crippen MR) is 115 cm³/mol. The van der Waals surface area contributed by atoms with Gasteiger partial charge in [0.2, 0.25) is 0 Å². The molecule has 0 spiro atoms. The van der Waals surface area contributed by atoms with Crippen molar-refractivity contribution in [3.8, 4) is 11.5 Å². The second kappa shape index (κ2) is 9.93. The maximum atomic E-state index is 12.4. The Hall–Kier alpha value is -3.61. The van der Waals surface area contributed by atoms with Gasteiger partial charge in [-0.2, -0.15) is 0 Å². The van der Waals surface area contributed by atoms with Crippen LogP contribution in [0.4, 0.5) is 0 Å². The number of rotatable bonds is 9. The van der Waals surface area contributed by atoms with Crippen LogP contribution in [-0.4, -0.2) is 32.1 Å². The number of carbonyl (C=O) groups is 2. The number of hydrogen-bond acceptors (Lipinski definition) is 7. The van der Waals surface area contributed by atoms with Gasteiger partial charge in [0.25, 0.3) is 0 Å². The van der Waals surface area contributed by atoms with Crippen molar-refractivity contribution in [2.75, 3.05) is 20.3 Å². The molecule has 0 amide bonds. The van der Waals surface area contributed by atoms with Gasteiger partial charge in [-0.15, -0.1) is 0 Å². The third-order valence-electron chi connectivity index (χ3n) is 4.93. The summed E-state index contributed by atoms with van der Waals surface area (Å²) in [6.45, 7) is 3.69. The second-order valence-corrected chi connectivity index (χ2v) is 6.90. The molecule has 0 aliphatic carbocycles. The zero-order valence-electron chi connectivity index (χ0n) is 17.7. The van der Waals surface area contributed by atoms with E-state index in [1.807, 2.05) is 6.92 Å². The molecule has 0 aliphatic rings. The second-order valence-electron chi connectivity index (χ2n) is 6.90. The van der Waals surface area contributed by atoms with Gasteiger partial charge in [0.05, 0.1) is 13.7 Å². The molecule has 2 aromatic carbocycles. The lowest BCUT2D eigenvalue weighted by molar-refractivity contribution is -0.143. The molecule has 0 fully saturated rings. The maximum absolute atomic E-state index is 12.4. The third kappa shape index (κ3) is 5.31. The first-order chi connectivity index (χ1) is 14.9. The van der Waals surface area contributed by atoms with Crippen LogP contribution in [0.25, 0.3) is 11.0 Å². The molecule has 3 rings (SSSR count). The number of methoxy groups -OCH3 is 1. The molecule has 0 saturated heterocycles. The summed E-state index contributed by atoms with van der Waals surface area (Å²) in [6, 6.07) is 11.8. The largest absolute Gasteiger partial charge is 0.497 e. The highest BCUT2D eigenvalue weighted by Gasteiger charge is 2.15. The minimum atomic E-state index is -0.499. The molecule has 0 aliphatic heterocycles. The average molecular weight is 424 g/mol. The van der Waals surface area contributed by atoms with E-state index >= 15 is 0 Å². The summed E-state index contributed by atoms with van der Waals surface area (Å²) in [4.78, 5) is 36.3. The van der Waals surface area contributed by atoms with Gasteiger partial charge in [0.1, 0.15) is 17.1 Å². The van der Waals surface area contributed by atoms with E-state index in [-0.39, 0.29) is 31.2 Å². The number of ketones is 1. The highest BCUT2D eigenvalue weighted by Crippen LogP contribution is 2.25. The summed E-state index contributed by atoms with van der Waals surface area (Å²) in [7, 11) is 1.56. The summed E-state index contributed by atoms with van der Waals surface area (Å²) in [5.74, 6) is 0.538. The Labute approximate surface area is 179 Å². The van der Waals surface area contributed by atoms with E-state index in [1.165, 1.54) is 0 Å². The van der Waals surface area contributed by atoms with E-state index in [9.17, 15) is 14.4 Å². The predicted octanol–water partition coefficient (Wildman–Crippen LogP) is 3.87. The first kappa shape index (κ1) is 22.1. The minimum Gasteiger partial charge on any atom is -0.497 e. The molecule has 1 heterocycles. The molecule has 7 nitrogen and oxygen atoms in total. The van der Waals surface area contributed by atoms with Gasteiger partial charge in [0, 0.05) is 29.0 Å². The van der Waals surface area contributed by atoms with E-state index in [1.54, 1.807) is 56.5 Å². The van der Waals surface area contributed by atoms with E-state index < -0.39 is 5.63 Å². The van der Waals surface area contributed by atoms with Crippen molar-refractivity contribution in [2.45, 2.75) is 26.7 Å². The van der Waals surface area contributed by atoms with Crippen molar-refractivity contribution in [3.63, 3.8) is 0 Å². The van der Waals surface area contributed by atoms with Crippen LogP contribution >= 0.6 is 0 Å². The molecule has 0 atom stereocenters. The quantitative estimate of drug-likeness (QED) is 0.292. The zero-order chi connectivity index (χ0) is 22.4. The molecular weight excluding hydrogens is 400 g/mol. The maximum Gasteiger partial charge on any atom is 0.339 e. The molecule has 162 valence electrons. The van der Waals surface area contributed by atoms with E-state index in [4.69, 9.17) is 18.6 Å². The van der Waals surface area contributed by atoms with Gasteiger partial charge >= 0.3 is 11.6 Å². The monoisotopic (exact) mass is 424 g/mol. The Morgan fingerprint density at radius 1 is 1.03 bits per heavy atom. The van der Waals surface area contributed by atoms with Gasteiger partial charge in [-0.3, -0.25) is 9.59 Å². The van der Waals surface area contributed by atoms with Crippen molar-refractivity contribution >= 4 is 22.7 Å². The van der Waals surface area contributed by atoms with Gasteiger partial charge in [-0.25, -0.2) is 4.79 Å². The molecule has 0 bridgehead atoms. The lowest BCUT2D eigenvalue weighted by Gasteiger charge is -2.10. The number of hydrogen-bond donors (Lipinski definition) is 0. The van der Waals surface area contributed by atoms with Crippen LogP contribution in [0.3, 0.4) is 0 Å². The van der Waals surface area contributed by atoms with Crippen LogP contribution in [-0.2, 0) is 16.0 Å². The van der Waals surface area contributed by atoms with E-state index in [0.29, 0.717) is 34.8 Å².